The van der Waals surface area contributed by atoms with Gasteiger partial charge in [-0.05, 0) is 80.2 Å². The van der Waals surface area contributed by atoms with Crippen LogP contribution in [0.3, 0.4) is 0 Å². The van der Waals surface area contributed by atoms with Gasteiger partial charge >= 0.3 is 0 Å². The Hall–Kier alpha value is -2.76. The molecule has 5 rings (SSSR count). The molecule has 1 N–H and O–H groups in total. The van der Waals surface area contributed by atoms with Crippen LogP contribution in [0.5, 0.6) is 11.6 Å². The maximum atomic E-state index is 11.3. The number of nitrogens with zero attached hydrogens (tertiary/aromatic N) is 2. The zero-order valence-corrected chi connectivity index (χ0v) is 19.2. The fourth-order valence-electron chi connectivity index (χ4n) is 5.97. The third-order valence-corrected chi connectivity index (χ3v) is 7.52. The van der Waals surface area contributed by atoms with Crippen molar-refractivity contribution in [2.24, 2.45) is 5.92 Å². The van der Waals surface area contributed by atoms with Crippen LogP contribution in [0, 0.1) is 5.92 Å². The Balaban J connectivity index is 1.49. The summed E-state index contributed by atoms with van der Waals surface area (Å²) in [5.41, 5.74) is 3.39. The number of fused-ring (bicyclic) bond motifs is 3. The summed E-state index contributed by atoms with van der Waals surface area (Å²) >= 11 is 0. The van der Waals surface area contributed by atoms with Crippen molar-refractivity contribution in [3.63, 3.8) is 0 Å². The Bertz CT molecular complexity index is 1080. The number of aliphatic hydroxyl groups is 1. The standard InChI is InChI=1S/C28H32N2O3/c1-2-32-20-27(31)12-13-28(17-21-6-4-3-5-7-21)23(18-27)9-8-22-16-24(10-11-25(22)28)33-26-19-29-14-15-30-26/h3-7,10-11,14-16,19,23,31H,2,8-9,12-13,17-18,20H2,1H3/t23-,27-,28+/m1/s1. The minimum Gasteiger partial charge on any atom is -0.437 e. The highest BCUT2D eigenvalue weighted by atomic mass is 16.5. The predicted octanol–water partition coefficient (Wildman–Crippen LogP) is 5.26. The number of benzene rings is 2. The third-order valence-electron chi connectivity index (χ3n) is 7.52. The van der Waals surface area contributed by atoms with Crippen molar-refractivity contribution in [2.75, 3.05) is 13.2 Å². The molecule has 0 bridgehead atoms. The summed E-state index contributed by atoms with van der Waals surface area (Å²) in [6.45, 7) is 3.06. The molecule has 0 radical (unpaired) electrons. The summed E-state index contributed by atoms with van der Waals surface area (Å²) in [5.74, 6) is 1.71. The first-order valence-electron chi connectivity index (χ1n) is 12.0. The first-order chi connectivity index (χ1) is 16.1. The van der Waals surface area contributed by atoms with Crippen LogP contribution in [0.25, 0.3) is 0 Å². The molecular weight excluding hydrogens is 412 g/mol. The summed E-state index contributed by atoms with van der Waals surface area (Å²) in [6, 6.07) is 17.3. The van der Waals surface area contributed by atoms with E-state index in [2.05, 4.69) is 58.5 Å². The molecular formula is C28H32N2O3. The van der Waals surface area contributed by atoms with E-state index in [1.807, 2.05) is 6.92 Å². The van der Waals surface area contributed by atoms with Crippen LogP contribution < -0.4 is 4.74 Å². The molecule has 3 atom stereocenters. The van der Waals surface area contributed by atoms with Crippen molar-refractivity contribution in [3.8, 4) is 11.6 Å². The lowest BCUT2D eigenvalue weighted by Gasteiger charge is -2.53. The smallest absolute Gasteiger partial charge is 0.237 e. The molecule has 0 saturated heterocycles. The van der Waals surface area contributed by atoms with Gasteiger partial charge in [-0.15, -0.1) is 0 Å². The maximum Gasteiger partial charge on any atom is 0.237 e. The molecule has 0 aliphatic heterocycles. The van der Waals surface area contributed by atoms with Crippen molar-refractivity contribution in [1.82, 2.24) is 9.97 Å². The third kappa shape index (κ3) is 4.53. The second-order valence-corrected chi connectivity index (χ2v) is 9.58. The van der Waals surface area contributed by atoms with Crippen LogP contribution in [0.1, 0.15) is 49.3 Å². The van der Waals surface area contributed by atoms with Crippen LogP contribution in [-0.2, 0) is 23.0 Å². The zero-order chi connectivity index (χ0) is 22.7. The minimum absolute atomic E-state index is 0.0124. The van der Waals surface area contributed by atoms with Gasteiger partial charge in [0.05, 0.1) is 18.4 Å². The summed E-state index contributed by atoms with van der Waals surface area (Å²) in [6.07, 6.45) is 10.4. The van der Waals surface area contributed by atoms with E-state index in [-0.39, 0.29) is 5.41 Å². The van der Waals surface area contributed by atoms with Gasteiger partial charge in [-0.1, -0.05) is 36.4 Å². The molecule has 1 heterocycles. The molecule has 172 valence electrons. The van der Waals surface area contributed by atoms with Crippen molar-refractivity contribution in [1.29, 1.82) is 0 Å². The van der Waals surface area contributed by atoms with E-state index in [9.17, 15) is 5.11 Å². The van der Waals surface area contributed by atoms with Gasteiger partial charge in [0, 0.05) is 24.4 Å². The predicted molar refractivity (Wildman–Crippen MR) is 127 cm³/mol. The average molecular weight is 445 g/mol. The Kier molecular flexibility index (Phi) is 6.17. The molecule has 2 aliphatic rings. The molecule has 2 aliphatic carbocycles. The van der Waals surface area contributed by atoms with Gasteiger partial charge in [-0.2, -0.15) is 0 Å². The van der Waals surface area contributed by atoms with E-state index in [4.69, 9.17) is 9.47 Å². The van der Waals surface area contributed by atoms with Gasteiger partial charge in [-0.25, -0.2) is 4.98 Å². The number of rotatable bonds is 7. The quantitative estimate of drug-likeness (QED) is 0.538. The van der Waals surface area contributed by atoms with Crippen LogP contribution in [0.15, 0.2) is 67.1 Å². The molecule has 5 heteroatoms. The Morgan fingerprint density at radius 2 is 1.97 bits per heavy atom. The molecule has 1 aromatic heterocycles. The van der Waals surface area contributed by atoms with Crippen molar-refractivity contribution >= 4 is 0 Å². The van der Waals surface area contributed by atoms with Crippen molar-refractivity contribution in [2.45, 2.75) is 56.5 Å². The molecule has 0 amide bonds. The van der Waals surface area contributed by atoms with Crippen LogP contribution >= 0.6 is 0 Å². The summed E-state index contributed by atoms with van der Waals surface area (Å²) in [5, 5.41) is 11.3. The van der Waals surface area contributed by atoms with E-state index >= 15 is 0 Å². The van der Waals surface area contributed by atoms with Gasteiger partial charge in [0.15, 0.2) is 0 Å². The van der Waals surface area contributed by atoms with Gasteiger partial charge in [0.25, 0.3) is 0 Å². The second kappa shape index (κ2) is 9.24. The first kappa shape index (κ1) is 22.1. The lowest BCUT2D eigenvalue weighted by atomic mass is 9.52. The van der Waals surface area contributed by atoms with Crippen LogP contribution in [0.2, 0.25) is 0 Å². The molecule has 1 fully saturated rings. The van der Waals surface area contributed by atoms with Crippen LogP contribution in [-0.4, -0.2) is 33.9 Å². The summed E-state index contributed by atoms with van der Waals surface area (Å²) < 4.78 is 11.7. The average Bonchev–Trinajstić information content (AvgIpc) is 2.84. The fourth-order valence-corrected chi connectivity index (χ4v) is 5.97. The van der Waals surface area contributed by atoms with E-state index in [1.165, 1.54) is 16.7 Å². The Morgan fingerprint density at radius 3 is 2.76 bits per heavy atom. The van der Waals surface area contributed by atoms with Gasteiger partial charge < -0.3 is 14.6 Å². The maximum absolute atomic E-state index is 11.3. The number of hydrogen-bond donors (Lipinski definition) is 1. The number of ether oxygens (including phenoxy) is 2. The fraction of sp³-hybridized carbons (Fsp3) is 0.429. The Labute approximate surface area is 195 Å². The number of aromatic nitrogens is 2. The molecule has 5 nitrogen and oxygen atoms in total. The molecule has 33 heavy (non-hydrogen) atoms. The zero-order valence-electron chi connectivity index (χ0n) is 19.2. The molecule has 3 aromatic rings. The van der Waals surface area contributed by atoms with Crippen LogP contribution in [0.4, 0.5) is 0 Å². The van der Waals surface area contributed by atoms with E-state index in [1.54, 1.807) is 18.6 Å². The number of aryl methyl sites for hydroxylation is 1. The van der Waals surface area contributed by atoms with E-state index in [0.717, 1.165) is 44.3 Å². The van der Waals surface area contributed by atoms with Gasteiger partial charge in [-0.3, -0.25) is 4.98 Å². The first-order valence-corrected chi connectivity index (χ1v) is 12.0. The lowest BCUT2D eigenvalue weighted by molar-refractivity contribution is -0.0990. The second-order valence-electron chi connectivity index (χ2n) is 9.58. The number of hydrogen-bond acceptors (Lipinski definition) is 5. The monoisotopic (exact) mass is 444 g/mol. The molecule has 0 unspecified atom stereocenters. The normalized spacial score (nSPS) is 26.3. The lowest BCUT2D eigenvalue weighted by Crippen LogP contribution is -2.52. The summed E-state index contributed by atoms with van der Waals surface area (Å²) in [4.78, 5) is 8.33. The molecule has 2 aromatic carbocycles. The highest BCUT2D eigenvalue weighted by Gasteiger charge is 2.51. The SMILES string of the molecule is CCOC[C@@]1(O)CC[C@@]2(Cc3ccccc3)c3ccc(Oc4cnccn4)cc3CC[C@@H]2C1. The van der Waals surface area contributed by atoms with Gasteiger partial charge in [0.2, 0.25) is 5.88 Å². The topological polar surface area (TPSA) is 64.5 Å². The summed E-state index contributed by atoms with van der Waals surface area (Å²) in [7, 11) is 0. The highest BCUT2D eigenvalue weighted by Crippen LogP contribution is 2.54. The van der Waals surface area contributed by atoms with Crippen molar-refractivity contribution in [3.05, 3.63) is 83.8 Å². The largest absolute Gasteiger partial charge is 0.437 e. The highest BCUT2D eigenvalue weighted by molar-refractivity contribution is 5.45. The minimum atomic E-state index is -0.729. The van der Waals surface area contributed by atoms with Gasteiger partial charge in [0.1, 0.15) is 5.75 Å². The Morgan fingerprint density at radius 1 is 1.09 bits per heavy atom. The van der Waals surface area contributed by atoms with Crippen molar-refractivity contribution < 1.29 is 14.6 Å². The molecule has 0 spiro atoms. The van der Waals surface area contributed by atoms with E-state index in [0.29, 0.717) is 25.0 Å². The molecule has 1 saturated carbocycles. The van der Waals surface area contributed by atoms with E-state index < -0.39 is 5.60 Å².